The van der Waals surface area contributed by atoms with Gasteiger partial charge in [0.25, 0.3) is 5.91 Å². The molecular formula is C13H21N3O2. The minimum atomic E-state index is -0.379. The molecule has 0 aromatic carbocycles. The Morgan fingerprint density at radius 1 is 1.50 bits per heavy atom. The summed E-state index contributed by atoms with van der Waals surface area (Å²) >= 11 is 0. The van der Waals surface area contributed by atoms with Gasteiger partial charge in [0, 0.05) is 32.6 Å². The quantitative estimate of drug-likeness (QED) is 0.807. The number of ether oxygens (including phenoxy) is 1. The Kier molecular flexibility index (Phi) is 5.09. The van der Waals surface area contributed by atoms with Crippen LogP contribution >= 0.6 is 0 Å². The lowest BCUT2D eigenvalue weighted by Gasteiger charge is -2.23. The second-order valence-electron chi connectivity index (χ2n) is 4.60. The van der Waals surface area contributed by atoms with E-state index in [2.05, 4.69) is 15.6 Å². The Labute approximate surface area is 108 Å². The van der Waals surface area contributed by atoms with Crippen LogP contribution in [-0.2, 0) is 4.74 Å². The maximum absolute atomic E-state index is 12.1. The van der Waals surface area contributed by atoms with Crippen LogP contribution in [0.2, 0.25) is 0 Å². The summed E-state index contributed by atoms with van der Waals surface area (Å²) < 4.78 is 5.26. The summed E-state index contributed by atoms with van der Waals surface area (Å²) in [7, 11) is 1.63. The minimum Gasteiger partial charge on any atom is -0.385 e. The number of nitrogens with one attached hydrogen (secondary N) is 2. The Hall–Kier alpha value is -1.62. The van der Waals surface area contributed by atoms with Crippen LogP contribution < -0.4 is 10.6 Å². The first-order valence-corrected chi connectivity index (χ1v) is 6.01. The molecule has 0 atom stereocenters. The number of aromatic nitrogens is 1. The largest absolute Gasteiger partial charge is 0.385 e. The first kappa shape index (κ1) is 14.4. The zero-order valence-electron chi connectivity index (χ0n) is 11.4. The fraction of sp³-hybridized carbons (Fsp3) is 0.538. The molecule has 1 amide bonds. The number of methoxy groups -OCH3 is 1. The van der Waals surface area contributed by atoms with Crippen LogP contribution in [0.15, 0.2) is 18.5 Å². The van der Waals surface area contributed by atoms with Crippen molar-refractivity contribution in [3.8, 4) is 0 Å². The maximum Gasteiger partial charge on any atom is 0.255 e. The monoisotopic (exact) mass is 251 g/mol. The number of nitrogens with zero attached hydrogens (tertiary/aromatic N) is 1. The Balaban J connectivity index is 2.72. The Morgan fingerprint density at radius 3 is 2.83 bits per heavy atom. The van der Waals surface area contributed by atoms with E-state index in [9.17, 15) is 4.79 Å². The fourth-order valence-electron chi connectivity index (χ4n) is 1.38. The van der Waals surface area contributed by atoms with Crippen LogP contribution in [-0.4, -0.2) is 36.7 Å². The predicted molar refractivity (Wildman–Crippen MR) is 71.8 cm³/mol. The molecule has 0 radical (unpaired) electrons. The Bertz CT molecular complexity index is 405. The van der Waals surface area contributed by atoms with Gasteiger partial charge < -0.3 is 15.4 Å². The molecular weight excluding hydrogens is 230 g/mol. The molecule has 18 heavy (non-hydrogen) atoms. The smallest absolute Gasteiger partial charge is 0.255 e. The van der Waals surface area contributed by atoms with Crippen molar-refractivity contribution in [2.45, 2.75) is 26.4 Å². The molecule has 0 bridgehead atoms. The van der Waals surface area contributed by atoms with Crippen molar-refractivity contribution >= 4 is 11.6 Å². The van der Waals surface area contributed by atoms with E-state index in [1.807, 2.05) is 20.8 Å². The van der Waals surface area contributed by atoms with Gasteiger partial charge in [0.1, 0.15) is 0 Å². The number of anilines is 1. The molecule has 0 spiro atoms. The van der Waals surface area contributed by atoms with Crippen molar-refractivity contribution < 1.29 is 9.53 Å². The number of hydrogen-bond donors (Lipinski definition) is 2. The van der Waals surface area contributed by atoms with Gasteiger partial charge >= 0.3 is 0 Å². The van der Waals surface area contributed by atoms with E-state index >= 15 is 0 Å². The molecule has 0 aliphatic heterocycles. The molecule has 1 rings (SSSR count). The second-order valence-corrected chi connectivity index (χ2v) is 4.60. The number of amides is 1. The van der Waals surface area contributed by atoms with Crippen LogP contribution in [0.3, 0.4) is 0 Å². The fourth-order valence-corrected chi connectivity index (χ4v) is 1.38. The van der Waals surface area contributed by atoms with E-state index in [1.54, 1.807) is 25.6 Å². The summed E-state index contributed by atoms with van der Waals surface area (Å²) in [5.41, 5.74) is 0.961. The van der Waals surface area contributed by atoms with E-state index in [0.29, 0.717) is 12.1 Å². The third-order valence-corrected chi connectivity index (χ3v) is 2.66. The molecule has 1 aromatic heterocycles. The minimum absolute atomic E-state index is 0.149. The summed E-state index contributed by atoms with van der Waals surface area (Å²) in [4.78, 5) is 16.0. The number of rotatable bonds is 6. The zero-order valence-corrected chi connectivity index (χ0v) is 11.4. The van der Waals surface area contributed by atoms with Crippen LogP contribution in [0.25, 0.3) is 0 Å². The van der Waals surface area contributed by atoms with Gasteiger partial charge in [-0.25, -0.2) is 0 Å². The average molecular weight is 251 g/mol. The van der Waals surface area contributed by atoms with E-state index in [4.69, 9.17) is 4.74 Å². The van der Waals surface area contributed by atoms with E-state index in [1.165, 1.54) is 0 Å². The third-order valence-electron chi connectivity index (χ3n) is 2.66. The van der Waals surface area contributed by atoms with Crippen molar-refractivity contribution in [2.75, 3.05) is 25.5 Å². The van der Waals surface area contributed by atoms with Gasteiger partial charge in [0.05, 0.1) is 16.9 Å². The predicted octanol–water partition coefficient (Wildman–Crippen LogP) is 1.67. The van der Waals surface area contributed by atoms with Crippen molar-refractivity contribution in [3.05, 3.63) is 24.0 Å². The Morgan fingerprint density at radius 2 is 2.22 bits per heavy atom. The van der Waals surface area contributed by atoms with Gasteiger partial charge in [0.2, 0.25) is 0 Å². The van der Waals surface area contributed by atoms with E-state index in [-0.39, 0.29) is 11.5 Å². The lowest BCUT2D eigenvalue weighted by Crippen LogP contribution is -2.39. The third kappa shape index (κ3) is 4.00. The van der Waals surface area contributed by atoms with Crippen molar-refractivity contribution in [3.63, 3.8) is 0 Å². The average Bonchev–Trinajstić information content (AvgIpc) is 2.37. The number of carbonyl (C=O) groups excluding carboxylic acids is 1. The maximum atomic E-state index is 12.1. The normalized spacial score (nSPS) is 11.1. The molecule has 5 nitrogen and oxygen atoms in total. The number of pyridine rings is 1. The summed E-state index contributed by atoms with van der Waals surface area (Å²) in [5.74, 6) is -0.149. The highest BCUT2D eigenvalue weighted by atomic mass is 16.5. The SMILES string of the molecule is CCNc1ccncc1C(=O)NCC(C)(C)OC. The number of hydrogen-bond acceptors (Lipinski definition) is 4. The molecule has 1 aromatic rings. The van der Waals surface area contributed by atoms with Crippen LogP contribution in [0.5, 0.6) is 0 Å². The van der Waals surface area contributed by atoms with Crippen LogP contribution in [0.4, 0.5) is 5.69 Å². The summed E-state index contributed by atoms with van der Waals surface area (Å²) in [5, 5.41) is 5.98. The highest BCUT2D eigenvalue weighted by Crippen LogP contribution is 2.13. The highest BCUT2D eigenvalue weighted by Gasteiger charge is 2.19. The standard InChI is InChI=1S/C13H21N3O2/c1-5-15-11-6-7-14-8-10(11)12(17)16-9-13(2,3)18-4/h6-8H,5,9H2,1-4H3,(H,14,15)(H,16,17). The van der Waals surface area contributed by atoms with Gasteiger partial charge in [-0.05, 0) is 26.8 Å². The topological polar surface area (TPSA) is 63.2 Å². The first-order chi connectivity index (χ1) is 8.50. The highest BCUT2D eigenvalue weighted by molar-refractivity contribution is 5.99. The van der Waals surface area contributed by atoms with Crippen molar-refractivity contribution in [1.29, 1.82) is 0 Å². The second kappa shape index (κ2) is 6.35. The summed E-state index contributed by atoms with van der Waals surface area (Å²) in [6.45, 7) is 7.02. The van der Waals surface area contributed by atoms with E-state index < -0.39 is 0 Å². The lowest BCUT2D eigenvalue weighted by atomic mass is 10.1. The molecule has 100 valence electrons. The number of carbonyl (C=O) groups is 1. The molecule has 0 aliphatic rings. The molecule has 1 heterocycles. The molecule has 0 saturated heterocycles. The molecule has 0 unspecified atom stereocenters. The van der Waals surface area contributed by atoms with E-state index in [0.717, 1.165) is 12.2 Å². The summed E-state index contributed by atoms with van der Waals surface area (Å²) in [6.07, 6.45) is 3.22. The van der Waals surface area contributed by atoms with Crippen molar-refractivity contribution in [2.24, 2.45) is 0 Å². The summed E-state index contributed by atoms with van der Waals surface area (Å²) in [6, 6.07) is 1.79. The van der Waals surface area contributed by atoms with Crippen LogP contribution in [0, 0.1) is 0 Å². The first-order valence-electron chi connectivity index (χ1n) is 6.01. The van der Waals surface area contributed by atoms with Gasteiger partial charge in [-0.15, -0.1) is 0 Å². The van der Waals surface area contributed by atoms with Gasteiger partial charge in [-0.2, -0.15) is 0 Å². The van der Waals surface area contributed by atoms with Crippen LogP contribution in [0.1, 0.15) is 31.1 Å². The van der Waals surface area contributed by atoms with Crippen molar-refractivity contribution in [1.82, 2.24) is 10.3 Å². The van der Waals surface area contributed by atoms with Gasteiger partial charge in [-0.3, -0.25) is 9.78 Å². The molecule has 2 N–H and O–H groups in total. The zero-order chi connectivity index (χ0) is 13.6. The molecule has 0 saturated carbocycles. The molecule has 0 aliphatic carbocycles. The molecule has 5 heteroatoms. The van der Waals surface area contributed by atoms with Gasteiger partial charge in [-0.1, -0.05) is 0 Å². The molecule has 0 fully saturated rings. The van der Waals surface area contributed by atoms with Gasteiger partial charge in [0.15, 0.2) is 0 Å². The lowest BCUT2D eigenvalue weighted by molar-refractivity contribution is 0.0229.